The Morgan fingerprint density at radius 1 is 1.27 bits per heavy atom. The van der Waals surface area contributed by atoms with Gasteiger partial charge >= 0.3 is 0 Å². The van der Waals surface area contributed by atoms with E-state index in [1.807, 2.05) is 18.2 Å². The third kappa shape index (κ3) is 4.68. The Morgan fingerprint density at radius 2 is 2.12 bits per heavy atom. The van der Waals surface area contributed by atoms with Crippen molar-refractivity contribution in [3.8, 4) is 11.5 Å². The molecule has 0 bridgehead atoms. The van der Waals surface area contributed by atoms with Crippen LogP contribution in [0.1, 0.15) is 28.8 Å². The molecule has 0 radical (unpaired) electrons. The Balaban J connectivity index is 1.59. The first kappa shape index (κ1) is 18.5. The third-order valence-corrected chi connectivity index (χ3v) is 4.58. The second-order valence-electron chi connectivity index (χ2n) is 6.09. The molecule has 0 saturated carbocycles. The minimum absolute atomic E-state index is 0.147. The fourth-order valence-electron chi connectivity index (χ4n) is 2.82. The molecule has 1 fully saturated rings. The predicted molar refractivity (Wildman–Crippen MR) is 100 cm³/mol. The number of hydrogen-bond donors (Lipinski definition) is 1. The zero-order valence-corrected chi connectivity index (χ0v) is 15.4. The molecular formula is C20H22ClNO4. The zero-order chi connectivity index (χ0) is 18.4. The Morgan fingerprint density at radius 3 is 2.85 bits per heavy atom. The maximum absolute atomic E-state index is 12.2. The second kappa shape index (κ2) is 8.92. The Kier molecular flexibility index (Phi) is 6.36. The molecule has 1 atom stereocenters. The molecular weight excluding hydrogens is 354 g/mol. The molecule has 1 saturated heterocycles. The second-order valence-corrected chi connectivity index (χ2v) is 6.50. The highest BCUT2D eigenvalue weighted by atomic mass is 35.5. The van der Waals surface area contributed by atoms with Crippen LogP contribution in [0.2, 0.25) is 5.02 Å². The van der Waals surface area contributed by atoms with E-state index < -0.39 is 0 Å². The maximum Gasteiger partial charge on any atom is 0.253 e. The van der Waals surface area contributed by atoms with Crippen LogP contribution in [-0.4, -0.2) is 32.3 Å². The van der Waals surface area contributed by atoms with Gasteiger partial charge in [0.2, 0.25) is 0 Å². The summed E-state index contributed by atoms with van der Waals surface area (Å²) < 4.78 is 16.8. The van der Waals surface area contributed by atoms with E-state index in [9.17, 15) is 4.79 Å². The number of nitrogens with one attached hydrogen (secondary N) is 1. The lowest BCUT2D eigenvalue weighted by Crippen LogP contribution is -2.23. The SMILES string of the molecule is COc1cc(CNC(=O)c2ccccc2Cl)ccc1OCC1CCCO1. The largest absolute Gasteiger partial charge is 0.493 e. The van der Waals surface area contributed by atoms with E-state index in [1.54, 1.807) is 31.4 Å². The first-order valence-electron chi connectivity index (χ1n) is 8.61. The summed E-state index contributed by atoms with van der Waals surface area (Å²) in [5, 5.41) is 3.29. The van der Waals surface area contributed by atoms with E-state index in [1.165, 1.54) is 0 Å². The third-order valence-electron chi connectivity index (χ3n) is 4.25. The molecule has 1 amide bonds. The van der Waals surface area contributed by atoms with Gasteiger partial charge in [-0.15, -0.1) is 0 Å². The average Bonchev–Trinajstić information content (AvgIpc) is 3.18. The first-order valence-corrected chi connectivity index (χ1v) is 8.99. The number of ether oxygens (including phenoxy) is 3. The highest BCUT2D eigenvalue weighted by Crippen LogP contribution is 2.29. The van der Waals surface area contributed by atoms with Gasteiger partial charge < -0.3 is 19.5 Å². The number of benzene rings is 2. The first-order chi connectivity index (χ1) is 12.7. The van der Waals surface area contributed by atoms with Gasteiger partial charge in [0.1, 0.15) is 6.61 Å². The van der Waals surface area contributed by atoms with Crippen LogP contribution in [0.3, 0.4) is 0 Å². The van der Waals surface area contributed by atoms with E-state index in [0.717, 1.165) is 25.0 Å². The minimum Gasteiger partial charge on any atom is -0.493 e. The molecule has 6 heteroatoms. The van der Waals surface area contributed by atoms with Crippen LogP contribution in [0.5, 0.6) is 11.5 Å². The predicted octanol–water partition coefficient (Wildman–Crippen LogP) is 3.84. The lowest BCUT2D eigenvalue weighted by Gasteiger charge is -2.15. The summed E-state index contributed by atoms with van der Waals surface area (Å²) in [6.45, 7) is 1.68. The van der Waals surface area contributed by atoms with E-state index in [4.69, 9.17) is 25.8 Å². The highest BCUT2D eigenvalue weighted by molar-refractivity contribution is 6.33. The molecule has 2 aromatic carbocycles. The zero-order valence-electron chi connectivity index (χ0n) is 14.7. The molecule has 1 heterocycles. The number of carbonyl (C=O) groups is 1. The summed E-state index contributed by atoms with van der Waals surface area (Å²) in [6.07, 6.45) is 2.25. The van der Waals surface area contributed by atoms with Gasteiger partial charge in [0.05, 0.1) is 23.8 Å². The van der Waals surface area contributed by atoms with E-state index in [-0.39, 0.29) is 12.0 Å². The number of halogens is 1. The molecule has 138 valence electrons. The topological polar surface area (TPSA) is 56.8 Å². The molecule has 2 aromatic rings. The van der Waals surface area contributed by atoms with Gasteiger partial charge in [-0.2, -0.15) is 0 Å². The van der Waals surface area contributed by atoms with Gasteiger partial charge in [0.25, 0.3) is 5.91 Å². The molecule has 1 unspecified atom stereocenters. The van der Waals surface area contributed by atoms with E-state index in [2.05, 4.69) is 5.32 Å². The monoisotopic (exact) mass is 375 g/mol. The van der Waals surface area contributed by atoms with Gasteiger partial charge in [-0.25, -0.2) is 0 Å². The molecule has 1 N–H and O–H groups in total. The van der Waals surface area contributed by atoms with Crippen LogP contribution in [0.15, 0.2) is 42.5 Å². The quantitative estimate of drug-likeness (QED) is 0.798. The number of rotatable bonds is 7. The van der Waals surface area contributed by atoms with E-state index in [0.29, 0.717) is 35.2 Å². The van der Waals surface area contributed by atoms with Gasteiger partial charge in [-0.1, -0.05) is 29.8 Å². The molecule has 0 aromatic heterocycles. The summed E-state index contributed by atoms with van der Waals surface area (Å²) in [6, 6.07) is 12.6. The summed E-state index contributed by atoms with van der Waals surface area (Å²) in [7, 11) is 1.60. The molecule has 0 spiro atoms. The molecule has 3 rings (SSSR count). The van der Waals surface area contributed by atoms with Crippen molar-refractivity contribution in [1.29, 1.82) is 0 Å². The van der Waals surface area contributed by atoms with Crippen molar-refractivity contribution in [2.45, 2.75) is 25.5 Å². The minimum atomic E-state index is -0.215. The summed E-state index contributed by atoms with van der Waals surface area (Å²) >= 11 is 6.05. The number of methoxy groups -OCH3 is 1. The van der Waals surface area contributed by atoms with Crippen LogP contribution in [0.25, 0.3) is 0 Å². The smallest absolute Gasteiger partial charge is 0.253 e. The lowest BCUT2D eigenvalue weighted by molar-refractivity contribution is 0.0669. The van der Waals surface area contributed by atoms with E-state index >= 15 is 0 Å². The van der Waals surface area contributed by atoms with Gasteiger partial charge in [0.15, 0.2) is 11.5 Å². The summed E-state index contributed by atoms with van der Waals surface area (Å²) in [5.74, 6) is 1.09. The molecule has 0 aliphatic carbocycles. The Labute approximate surface area is 158 Å². The average molecular weight is 376 g/mol. The van der Waals surface area contributed by atoms with Gasteiger partial charge in [-0.05, 0) is 42.7 Å². The number of carbonyl (C=O) groups excluding carboxylic acids is 1. The van der Waals surface area contributed by atoms with Crippen LogP contribution < -0.4 is 14.8 Å². The van der Waals surface area contributed by atoms with Gasteiger partial charge in [0, 0.05) is 13.2 Å². The summed E-state index contributed by atoms with van der Waals surface area (Å²) in [5.41, 5.74) is 1.37. The van der Waals surface area contributed by atoms with Crippen LogP contribution in [-0.2, 0) is 11.3 Å². The van der Waals surface area contributed by atoms with Crippen molar-refractivity contribution in [3.05, 3.63) is 58.6 Å². The number of amides is 1. The van der Waals surface area contributed by atoms with Crippen molar-refractivity contribution < 1.29 is 19.0 Å². The maximum atomic E-state index is 12.2. The number of hydrogen-bond acceptors (Lipinski definition) is 4. The fraction of sp³-hybridized carbons (Fsp3) is 0.350. The Bertz CT molecular complexity index is 759. The molecule has 26 heavy (non-hydrogen) atoms. The van der Waals surface area contributed by atoms with Crippen LogP contribution in [0, 0.1) is 0 Å². The highest BCUT2D eigenvalue weighted by Gasteiger charge is 2.17. The molecule has 1 aliphatic rings. The lowest BCUT2D eigenvalue weighted by atomic mass is 10.1. The van der Waals surface area contributed by atoms with Gasteiger partial charge in [-0.3, -0.25) is 4.79 Å². The van der Waals surface area contributed by atoms with Crippen molar-refractivity contribution >= 4 is 17.5 Å². The van der Waals surface area contributed by atoms with Crippen molar-refractivity contribution in [3.63, 3.8) is 0 Å². The van der Waals surface area contributed by atoms with Crippen molar-refractivity contribution in [2.75, 3.05) is 20.3 Å². The normalized spacial score (nSPS) is 16.3. The molecule has 1 aliphatic heterocycles. The van der Waals surface area contributed by atoms with Crippen molar-refractivity contribution in [1.82, 2.24) is 5.32 Å². The fourth-order valence-corrected chi connectivity index (χ4v) is 3.04. The van der Waals surface area contributed by atoms with Crippen LogP contribution >= 0.6 is 11.6 Å². The molecule has 5 nitrogen and oxygen atoms in total. The Hall–Kier alpha value is -2.24. The summed E-state index contributed by atoms with van der Waals surface area (Å²) in [4.78, 5) is 12.2. The van der Waals surface area contributed by atoms with Crippen LogP contribution in [0.4, 0.5) is 0 Å². The standard InChI is InChI=1S/C20H22ClNO4/c1-24-19-11-14(8-9-18(19)26-13-15-5-4-10-25-15)12-22-20(23)16-6-2-3-7-17(16)21/h2-3,6-9,11,15H,4-5,10,12-13H2,1H3,(H,22,23). The van der Waals surface area contributed by atoms with Crippen molar-refractivity contribution in [2.24, 2.45) is 0 Å².